The summed E-state index contributed by atoms with van der Waals surface area (Å²) >= 11 is 0. The van der Waals surface area contributed by atoms with Gasteiger partial charge < -0.3 is 43.2 Å². The first-order valence-electron chi connectivity index (χ1n) is 12.0. The van der Waals surface area contributed by atoms with Gasteiger partial charge in [-0.05, 0) is 37.4 Å². The molecule has 2 rings (SSSR count). The highest BCUT2D eigenvalue weighted by Crippen LogP contribution is 2.19. The van der Waals surface area contributed by atoms with Gasteiger partial charge in [0, 0.05) is 29.9 Å². The van der Waals surface area contributed by atoms with Gasteiger partial charge >= 0.3 is 5.97 Å². The van der Waals surface area contributed by atoms with E-state index in [2.05, 4.69) is 20.9 Å². The Balaban J connectivity index is 2.10. The molecule has 1 heterocycles. The van der Waals surface area contributed by atoms with E-state index in [0.717, 1.165) is 17.3 Å². The highest BCUT2D eigenvalue weighted by atomic mass is 16.4. The Bertz CT molecular complexity index is 1100. The van der Waals surface area contributed by atoms with Gasteiger partial charge in [-0.15, -0.1) is 0 Å². The van der Waals surface area contributed by atoms with Crippen LogP contribution in [-0.4, -0.2) is 70.9 Å². The summed E-state index contributed by atoms with van der Waals surface area (Å²) in [5.74, 6) is -3.99. The third-order valence-electron chi connectivity index (χ3n) is 5.77. The summed E-state index contributed by atoms with van der Waals surface area (Å²) in [7, 11) is 0. The van der Waals surface area contributed by atoms with E-state index >= 15 is 0 Å². The van der Waals surface area contributed by atoms with Crippen LogP contribution in [0.25, 0.3) is 10.9 Å². The third kappa shape index (κ3) is 9.54. The molecular weight excluding hydrogens is 482 g/mol. The Labute approximate surface area is 213 Å². The van der Waals surface area contributed by atoms with Gasteiger partial charge in [-0.3, -0.25) is 19.2 Å². The molecule has 0 bridgehead atoms. The number of benzene rings is 1. The first-order valence-corrected chi connectivity index (χ1v) is 12.0. The molecular formula is C24H35N7O6. The molecule has 4 amide bonds. The number of nitrogens with one attached hydrogen (secondary N) is 4. The van der Waals surface area contributed by atoms with Crippen molar-refractivity contribution in [3.63, 3.8) is 0 Å². The molecule has 37 heavy (non-hydrogen) atoms. The van der Waals surface area contributed by atoms with Crippen LogP contribution in [0.15, 0.2) is 30.5 Å². The van der Waals surface area contributed by atoms with E-state index in [1.165, 1.54) is 0 Å². The molecule has 0 aliphatic rings. The summed E-state index contributed by atoms with van der Waals surface area (Å²) in [6.07, 6.45) is 3.10. The first kappa shape index (κ1) is 29.3. The number of hydrogen-bond donors (Lipinski definition) is 8. The molecule has 1 aromatic heterocycles. The zero-order chi connectivity index (χ0) is 27.4. The van der Waals surface area contributed by atoms with E-state index in [1.807, 2.05) is 24.3 Å². The van der Waals surface area contributed by atoms with Gasteiger partial charge in [-0.25, -0.2) is 4.79 Å². The number of carbonyl (C=O) groups excluding carboxylic acids is 4. The average Bonchev–Trinajstić information content (AvgIpc) is 3.27. The maximum absolute atomic E-state index is 13.1. The lowest BCUT2D eigenvalue weighted by Gasteiger charge is -2.21. The molecule has 13 nitrogen and oxygen atoms in total. The van der Waals surface area contributed by atoms with Crippen molar-refractivity contribution in [1.29, 1.82) is 0 Å². The number of unbranched alkanes of at least 4 members (excludes halogenated alkanes) is 1. The van der Waals surface area contributed by atoms with Crippen LogP contribution in [-0.2, 0) is 30.4 Å². The first-order chi connectivity index (χ1) is 17.6. The Kier molecular flexibility index (Phi) is 11.5. The molecule has 0 radical (unpaired) electrons. The maximum atomic E-state index is 13.1. The van der Waals surface area contributed by atoms with Crippen molar-refractivity contribution in [2.24, 2.45) is 17.2 Å². The number of carboxylic acid groups (broad SMARTS) is 1. The van der Waals surface area contributed by atoms with Crippen molar-refractivity contribution in [2.45, 2.75) is 56.7 Å². The largest absolute Gasteiger partial charge is 0.480 e. The summed E-state index contributed by atoms with van der Waals surface area (Å²) in [6, 6.07) is 4.01. The van der Waals surface area contributed by atoms with Crippen LogP contribution in [0.2, 0.25) is 0 Å². The van der Waals surface area contributed by atoms with E-state index in [-0.39, 0.29) is 19.3 Å². The number of aromatic amines is 1. The number of amides is 4. The molecule has 2 aromatic rings. The summed E-state index contributed by atoms with van der Waals surface area (Å²) in [5.41, 5.74) is 17.9. The van der Waals surface area contributed by atoms with Crippen molar-refractivity contribution >= 4 is 40.5 Å². The van der Waals surface area contributed by atoms with Crippen molar-refractivity contribution in [3.8, 4) is 0 Å². The van der Waals surface area contributed by atoms with Gasteiger partial charge in [0.1, 0.15) is 12.1 Å². The van der Waals surface area contributed by atoms with Gasteiger partial charge in [0.2, 0.25) is 23.6 Å². The molecule has 0 spiro atoms. The summed E-state index contributed by atoms with van der Waals surface area (Å²) in [4.78, 5) is 63.6. The number of carboxylic acids is 1. The predicted molar refractivity (Wildman–Crippen MR) is 136 cm³/mol. The second-order valence-corrected chi connectivity index (χ2v) is 8.70. The second-order valence-electron chi connectivity index (χ2n) is 8.70. The monoisotopic (exact) mass is 517 g/mol. The topological polar surface area (TPSA) is 236 Å². The normalized spacial score (nSPS) is 13.4. The lowest BCUT2D eigenvalue weighted by Crippen LogP contribution is -2.54. The van der Waals surface area contributed by atoms with E-state index < -0.39 is 54.3 Å². The fourth-order valence-corrected chi connectivity index (χ4v) is 3.73. The van der Waals surface area contributed by atoms with Gasteiger partial charge in [-0.1, -0.05) is 24.6 Å². The van der Waals surface area contributed by atoms with E-state index in [4.69, 9.17) is 17.2 Å². The van der Waals surface area contributed by atoms with Crippen LogP contribution in [0.3, 0.4) is 0 Å². The number of aliphatic carboxylic acids is 1. The Morgan fingerprint density at radius 2 is 1.70 bits per heavy atom. The Morgan fingerprint density at radius 3 is 2.38 bits per heavy atom. The minimum absolute atomic E-state index is 0.0380. The molecule has 0 saturated carbocycles. The van der Waals surface area contributed by atoms with Crippen LogP contribution >= 0.6 is 0 Å². The number of carbonyl (C=O) groups is 5. The Morgan fingerprint density at radius 1 is 0.973 bits per heavy atom. The van der Waals surface area contributed by atoms with Crippen molar-refractivity contribution in [2.75, 3.05) is 13.1 Å². The smallest absolute Gasteiger partial charge is 0.326 e. The molecule has 0 aliphatic heterocycles. The minimum atomic E-state index is -1.38. The van der Waals surface area contributed by atoms with Crippen LogP contribution in [0, 0.1) is 0 Å². The van der Waals surface area contributed by atoms with E-state index in [0.29, 0.717) is 24.9 Å². The molecule has 1 aromatic carbocycles. The van der Waals surface area contributed by atoms with Gasteiger partial charge in [0.15, 0.2) is 0 Å². The third-order valence-corrected chi connectivity index (χ3v) is 5.77. The van der Waals surface area contributed by atoms with Crippen LogP contribution in [0.1, 0.15) is 37.7 Å². The van der Waals surface area contributed by atoms with Crippen molar-refractivity contribution in [3.05, 3.63) is 36.0 Å². The number of rotatable bonds is 16. The number of fused-ring (bicyclic) bond motifs is 1. The number of nitrogens with two attached hydrogens (primary N) is 3. The molecule has 0 aliphatic carbocycles. The standard InChI is InChI=1S/C24H35N7O6/c25-10-4-3-6-16(26)22(34)29-13-21(33)30-19(11-14-12-28-17-7-2-1-5-15(14)17)23(35)31-18(24(36)37)8-9-20(27)32/h1-2,5,7,12,16,18-19,28H,3-4,6,8-11,13,25-26H2,(H2,27,32)(H,29,34)(H,30,33)(H,31,35)(H,36,37). The summed E-state index contributed by atoms with van der Waals surface area (Å²) < 4.78 is 0. The van der Waals surface area contributed by atoms with Gasteiger partial charge in [0.05, 0.1) is 12.6 Å². The maximum Gasteiger partial charge on any atom is 0.326 e. The van der Waals surface area contributed by atoms with Gasteiger partial charge in [0.25, 0.3) is 0 Å². The SMILES string of the molecule is NCCCCC(N)C(=O)NCC(=O)NC(Cc1c[nH]c2ccccc12)C(=O)NC(CCC(N)=O)C(=O)O. The number of H-pyrrole nitrogens is 1. The van der Waals surface area contributed by atoms with Crippen molar-refractivity contribution in [1.82, 2.24) is 20.9 Å². The van der Waals surface area contributed by atoms with E-state index in [9.17, 15) is 29.1 Å². The van der Waals surface area contributed by atoms with Crippen LogP contribution in [0.5, 0.6) is 0 Å². The van der Waals surface area contributed by atoms with Crippen LogP contribution < -0.4 is 33.2 Å². The second kappa shape index (κ2) is 14.6. The predicted octanol–water partition coefficient (Wildman–Crippen LogP) is -1.40. The summed E-state index contributed by atoms with van der Waals surface area (Å²) in [6.45, 7) is 0.0625. The number of para-hydroxylation sites is 1. The van der Waals surface area contributed by atoms with Crippen molar-refractivity contribution < 1.29 is 29.1 Å². The minimum Gasteiger partial charge on any atom is -0.480 e. The summed E-state index contributed by atoms with van der Waals surface area (Å²) in [5, 5.41) is 17.6. The number of hydrogen-bond acceptors (Lipinski definition) is 7. The fourth-order valence-electron chi connectivity index (χ4n) is 3.73. The quantitative estimate of drug-likeness (QED) is 0.123. The fraction of sp³-hybridized carbons (Fsp3) is 0.458. The molecule has 0 saturated heterocycles. The zero-order valence-electron chi connectivity index (χ0n) is 20.5. The average molecular weight is 518 g/mol. The van der Waals surface area contributed by atoms with E-state index in [1.54, 1.807) is 6.20 Å². The molecule has 3 atom stereocenters. The lowest BCUT2D eigenvalue weighted by molar-refractivity contribution is -0.142. The highest BCUT2D eigenvalue weighted by molar-refractivity contribution is 5.93. The van der Waals surface area contributed by atoms with Crippen LogP contribution in [0.4, 0.5) is 0 Å². The van der Waals surface area contributed by atoms with Gasteiger partial charge in [-0.2, -0.15) is 0 Å². The molecule has 3 unspecified atom stereocenters. The molecule has 202 valence electrons. The zero-order valence-corrected chi connectivity index (χ0v) is 20.5. The highest BCUT2D eigenvalue weighted by Gasteiger charge is 2.28. The number of primary amides is 1. The number of aromatic nitrogens is 1. The molecule has 13 heteroatoms. The lowest BCUT2D eigenvalue weighted by atomic mass is 10.0. The molecule has 0 fully saturated rings. The Hall–Kier alpha value is -3.97. The molecule has 11 N–H and O–H groups in total.